The number of nitrogens with one attached hydrogen (secondary N) is 1. The molecule has 0 spiro atoms. The van der Waals surface area contributed by atoms with Crippen molar-refractivity contribution in [3.05, 3.63) is 23.8 Å². The van der Waals surface area contributed by atoms with Gasteiger partial charge in [-0.15, -0.1) is 0 Å². The van der Waals surface area contributed by atoms with Gasteiger partial charge in [-0.1, -0.05) is 6.07 Å². The fourth-order valence-corrected chi connectivity index (χ4v) is 2.70. The number of carbonyl (C=O) groups excluding carboxylic acids is 1. The molecule has 122 valence electrons. The van der Waals surface area contributed by atoms with Crippen molar-refractivity contribution in [1.82, 2.24) is 5.32 Å². The SMILES string of the molecule is COc1cccc(C(=O)N[C@H]2CC[C@@H](CO)C2)c1OC(F)F. The summed E-state index contributed by atoms with van der Waals surface area (Å²) in [5, 5.41) is 11.9. The number of methoxy groups -OCH3 is 1. The van der Waals surface area contributed by atoms with Crippen molar-refractivity contribution in [2.45, 2.75) is 31.9 Å². The summed E-state index contributed by atoms with van der Waals surface area (Å²) in [7, 11) is 1.32. The first kappa shape index (κ1) is 16.5. The van der Waals surface area contributed by atoms with Gasteiger partial charge in [-0.25, -0.2) is 0 Å². The minimum absolute atomic E-state index is 0.00657. The number of para-hydroxylation sites is 1. The quantitative estimate of drug-likeness (QED) is 0.844. The Kier molecular flexibility index (Phi) is 5.54. The van der Waals surface area contributed by atoms with E-state index < -0.39 is 12.5 Å². The molecule has 0 aromatic heterocycles. The molecule has 2 atom stereocenters. The number of aliphatic hydroxyl groups is 1. The molecular formula is C15H19F2NO4. The van der Waals surface area contributed by atoms with Crippen LogP contribution in [0.5, 0.6) is 11.5 Å². The second-order valence-electron chi connectivity index (χ2n) is 5.25. The average molecular weight is 315 g/mol. The Morgan fingerprint density at radius 1 is 1.45 bits per heavy atom. The molecule has 2 N–H and O–H groups in total. The molecule has 0 radical (unpaired) electrons. The molecule has 1 amide bonds. The van der Waals surface area contributed by atoms with Crippen molar-refractivity contribution in [2.24, 2.45) is 5.92 Å². The standard InChI is InChI=1S/C15H19F2NO4/c1-21-12-4-2-3-11(13(12)22-15(16)17)14(20)18-10-6-5-9(7-10)8-19/h2-4,9-10,15,19H,5-8H2,1H3,(H,18,20)/t9-,10+/m1/s1. The van der Waals surface area contributed by atoms with Gasteiger partial charge in [0.1, 0.15) is 0 Å². The lowest BCUT2D eigenvalue weighted by Crippen LogP contribution is -2.33. The Morgan fingerprint density at radius 2 is 2.23 bits per heavy atom. The number of rotatable bonds is 6. The molecular weight excluding hydrogens is 296 g/mol. The molecule has 5 nitrogen and oxygen atoms in total. The summed E-state index contributed by atoms with van der Waals surface area (Å²) in [4.78, 5) is 12.3. The van der Waals surface area contributed by atoms with Crippen molar-refractivity contribution in [3.8, 4) is 11.5 Å². The second kappa shape index (κ2) is 7.40. The van der Waals surface area contributed by atoms with Crippen LogP contribution in [0.4, 0.5) is 8.78 Å². The Labute approximate surface area is 127 Å². The lowest BCUT2D eigenvalue weighted by molar-refractivity contribution is -0.0515. The van der Waals surface area contributed by atoms with E-state index in [1.807, 2.05) is 0 Å². The summed E-state index contributed by atoms with van der Waals surface area (Å²) in [6.45, 7) is -2.96. The van der Waals surface area contributed by atoms with Gasteiger partial charge in [0.2, 0.25) is 0 Å². The van der Waals surface area contributed by atoms with Crippen LogP contribution in [0.15, 0.2) is 18.2 Å². The number of aliphatic hydroxyl groups excluding tert-OH is 1. The first-order valence-electron chi connectivity index (χ1n) is 7.08. The highest BCUT2D eigenvalue weighted by molar-refractivity contribution is 5.98. The fraction of sp³-hybridized carbons (Fsp3) is 0.533. The molecule has 2 rings (SSSR count). The molecule has 1 aromatic rings. The fourth-order valence-electron chi connectivity index (χ4n) is 2.70. The zero-order chi connectivity index (χ0) is 16.1. The molecule has 22 heavy (non-hydrogen) atoms. The molecule has 0 aliphatic heterocycles. The number of halogens is 2. The monoisotopic (exact) mass is 315 g/mol. The molecule has 7 heteroatoms. The molecule has 1 aliphatic rings. The van der Waals surface area contributed by atoms with E-state index in [4.69, 9.17) is 9.84 Å². The van der Waals surface area contributed by atoms with Crippen molar-refractivity contribution in [2.75, 3.05) is 13.7 Å². The number of hydrogen-bond acceptors (Lipinski definition) is 4. The molecule has 0 heterocycles. The molecule has 1 aromatic carbocycles. The average Bonchev–Trinajstić information content (AvgIpc) is 2.94. The van der Waals surface area contributed by atoms with E-state index in [0.717, 1.165) is 12.8 Å². The number of amides is 1. The van der Waals surface area contributed by atoms with Crippen LogP contribution in [0.1, 0.15) is 29.6 Å². The molecule has 1 saturated carbocycles. The molecule has 0 saturated heterocycles. The maximum atomic E-state index is 12.5. The van der Waals surface area contributed by atoms with Gasteiger partial charge < -0.3 is 19.9 Å². The van der Waals surface area contributed by atoms with E-state index in [2.05, 4.69) is 10.1 Å². The van der Waals surface area contributed by atoms with Crippen LogP contribution >= 0.6 is 0 Å². The van der Waals surface area contributed by atoms with Gasteiger partial charge in [0.15, 0.2) is 11.5 Å². The zero-order valence-corrected chi connectivity index (χ0v) is 12.2. The van der Waals surface area contributed by atoms with E-state index in [1.165, 1.54) is 25.3 Å². The summed E-state index contributed by atoms with van der Waals surface area (Å²) < 4.78 is 34.5. The van der Waals surface area contributed by atoms with Crippen LogP contribution in [0.25, 0.3) is 0 Å². The number of ether oxygens (including phenoxy) is 2. The van der Waals surface area contributed by atoms with Gasteiger partial charge in [0.25, 0.3) is 5.91 Å². The third-order valence-electron chi connectivity index (χ3n) is 3.79. The van der Waals surface area contributed by atoms with Crippen LogP contribution in [-0.4, -0.2) is 37.4 Å². The summed E-state index contributed by atoms with van der Waals surface area (Å²) in [5.74, 6) is -0.507. The van der Waals surface area contributed by atoms with Crippen molar-refractivity contribution < 1.29 is 28.2 Å². The van der Waals surface area contributed by atoms with Gasteiger partial charge in [0.05, 0.1) is 12.7 Å². The highest BCUT2D eigenvalue weighted by Crippen LogP contribution is 2.33. The Bertz CT molecular complexity index is 524. The number of benzene rings is 1. The number of hydrogen-bond donors (Lipinski definition) is 2. The van der Waals surface area contributed by atoms with Gasteiger partial charge in [-0.05, 0) is 37.3 Å². The topological polar surface area (TPSA) is 67.8 Å². The third-order valence-corrected chi connectivity index (χ3v) is 3.79. The van der Waals surface area contributed by atoms with Gasteiger partial charge in [0, 0.05) is 12.6 Å². The normalized spacial score (nSPS) is 21.0. The minimum atomic E-state index is -3.05. The van der Waals surface area contributed by atoms with Gasteiger partial charge in [-0.2, -0.15) is 8.78 Å². The largest absolute Gasteiger partial charge is 0.493 e. The lowest BCUT2D eigenvalue weighted by atomic mass is 10.1. The predicted octanol–water partition coefficient (Wildman–Crippen LogP) is 2.19. The maximum absolute atomic E-state index is 12.5. The molecule has 1 aliphatic carbocycles. The van der Waals surface area contributed by atoms with Crippen molar-refractivity contribution >= 4 is 5.91 Å². The lowest BCUT2D eigenvalue weighted by Gasteiger charge is -2.17. The first-order chi connectivity index (χ1) is 10.5. The summed E-state index contributed by atoms with van der Waals surface area (Å²) in [6, 6.07) is 4.33. The molecule has 0 unspecified atom stereocenters. The zero-order valence-electron chi connectivity index (χ0n) is 12.2. The van der Waals surface area contributed by atoms with E-state index >= 15 is 0 Å². The third kappa shape index (κ3) is 3.85. The summed E-state index contributed by atoms with van der Waals surface area (Å²) >= 11 is 0. The summed E-state index contributed by atoms with van der Waals surface area (Å²) in [6.07, 6.45) is 2.27. The van der Waals surface area contributed by atoms with Crippen molar-refractivity contribution in [1.29, 1.82) is 0 Å². The van der Waals surface area contributed by atoms with Crippen LogP contribution in [0.3, 0.4) is 0 Å². The van der Waals surface area contributed by atoms with Crippen molar-refractivity contribution in [3.63, 3.8) is 0 Å². The Morgan fingerprint density at radius 3 is 2.82 bits per heavy atom. The second-order valence-corrected chi connectivity index (χ2v) is 5.25. The van der Waals surface area contributed by atoms with Crippen LogP contribution < -0.4 is 14.8 Å². The Balaban J connectivity index is 2.15. The summed E-state index contributed by atoms with van der Waals surface area (Å²) in [5.41, 5.74) is 0.00657. The van der Waals surface area contributed by atoms with Gasteiger partial charge in [-0.3, -0.25) is 4.79 Å². The molecule has 0 bridgehead atoms. The molecule has 1 fully saturated rings. The Hall–Kier alpha value is -1.89. The van der Waals surface area contributed by atoms with E-state index in [9.17, 15) is 13.6 Å². The number of carbonyl (C=O) groups is 1. The smallest absolute Gasteiger partial charge is 0.387 e. The van der Waals surface area contributed by atoms with E-state index in [0.29, 0.717) is 6.42 Å². The van der Waals surface area contributed by atoms with Crippen LogP contribution in [-0.2, 0) is 0 Å². The van der Waals surface area contributed by atoms with Gasteiger partial charge >= 0.3 is 6.61 Å². The highest BCUT2D eigenvalue weighted by Gasteiger charge is 2.27. The minimum Gasteiger partial charge on any atom is -0.493 e. The van der Waals surface area contributed by atoms with Crippen LogP contribution in [0, 0.1) is 5.92 Å². The maximum Gasteiger partial charge on any atom is 0.387 e. The van der Waals surface area contributed by atoms with E-state index in [-0.39, 0.29) is 35.6 Å². The van der Waals surface area contributed by atoms with E-state index in [1.54, 1.807) is 0 Å². The highest BCUT2D eigenvalue weighted by atomic mass is 19.3. The number of alkyl halides is 2. The predicted molar refractivity (Wildman–Crippen MR) is 75.3 cm³/mol. The van der Waals surface area contributed by atoms with Crippen LogP contribution in [0.2, 0.25) is 0 Å². The first-order valence-corrected chi connectivity index (χ1v) is 7.08.